The molecule has 3 atom stereocenters. The highest BCUT2D eigenvalue weighted by atomic mass is 16.5. The van der Waals surface area contributed by atoms with Gasteiger partial charge in [-0.2, -0.15) is 0 Å². The molecule has 3 unspecified atom stereocenters. The molecule has 1 aliphatic rings. The molecule has 34 heavy (non-hydrogen) atoms. The molecule has 0 aliphatic heterocycles. The zero-order valence-electron chi connectivity index (χ0n) is 20.2. The van der Waals surface area contributed by atoms with Gasteiger partial charge in [-0.1, -0.05) is 69.3 Å². The number of aliphatic carboxylic acids is 1. The average molecular weight is 467 g/mol. The number of carboxylic acid groups (broad SMARTS) is 1. The van der Waals surface area contributed by atoms with Crippen molar-refractivity contribution in [2.24, 2.45) is 17.8 Å². The lowest BCUT2D eigenvalue weighted by atomic mass is 9.89. The summed E-state index contributed by atoms with van der Waals surface area (Å²) in [5.41, 5.74) is 4.64. The van der Waals surface area contributed by atoms with E-state index in [0.717, 1.165) is 11.1 Å². The van der Waals surface area contributed by atoms with Crippen LogP contribution in [0.25, 0.3) is 11.1 Å². The summed E-state index contributed by atoms with van der Waals surface area (Å²) >= 11 is 0. The molecular weight excluding hydrogens is 432 g/mol. The van der Waals surface area contributed by atoms with Crippen LogP contribution in [0.4, 0.5) is 4.79 Å². The zero-order valence-corrected chi connectivity index (χ0v) is 20.2. The molecule has 7 heteroatoms. The fourth-order valence-corrected chi connectivity index (χ4v) is 4.70. The lowest BCUT2D eigenvalue weighted by Gasteiger charge is -2.25. The predicted molar refractivity (Wildman–Crippen MR) is 130 cm³/mol. The third kappa shape index (κ3) is 5.76. The lowest BCUT2D eigenvalue weighted by Crippen LogP contribution is -2.45. The third-order valence-electron chi connectivity index (χ3n) is 6.55. The number of carbonyl (C=O) groups is 3. The van der Waals surface area contributed by atoms with Crippen LogP contribution in [0.2, 0.25) is 0 Å². The third-order valence-corrected chi connectivity index (χ3v) is 6.55. The van der Waals surface area contributed by atoms with Crippen molar-refractivity contribution in [3.63, 3.8) is 0 Å². The highest BCUT2D eigenvalue weighted by Gasteiger charge is 2.30. The lowest BCUT2D eigenvalue weighted by molar-refractivity contribution is -0.144. The van der Waals surface area contributed by atoms with Gasteiger partial charge in [-0.05, 0) is 41.5 Å². The van der Waals surface area contributed by atoms with Crippen LogP contribution in [0.3, 0.4) is 0 Å². The molecule has 0 spiro atoms. The quantitative estimate of drug-likeness (QED) is 0.481. The van der Waals surface area contributed by atoms with E-state index in [1.807, 2.05) is 38.1 Å². The van der Waals surface area contributed by atoms with Gasteiger partial charge in [-0.25, -0.2) is 4.79 Å². The van der Waals surface area contributed by atoms with Crippen molar-refractivity contribution in [2.45, 2.75) is 46.1 Å². The molecule has 1 aliphatic carbocycles. The maximum Gasteiger partial charge on any atom is 0.407 e. The van der Waals surface area contributed by atoms with E-state index in [-0.39, 0.29) is 36.8 Å². The van der Waals surface area contributed by atoms with Crippen molar-refractivity contribution in [2.75, 3.05) is 13.2 Å². The summed E-state index contributed by atoms with van der Waals surface area (Å²) in [6.45, 7) is 7.63. The average Bonchev–Trinajstić information content (AvgIpc) is 3.10. The highest BCUT2D eigenvalue weighted by Crippen LogP contribution is 2.44. The van der Waals surface area contributed by atoms with Crippen LogP contribution >= 0.6 is 0 Å². The van der Waals surface area contributed by atoms with Crippen LogP contribution in [-0.4, -0.2) is 42.3 Å². The molecule has 0 saturated heterocycles. The number of carbonyl (C=O) groups excluding carboxylic acids is 2. The Bertz CT molecular complexity index is 990. The van der Waals surface area contributed by atoms with Crippen molar-refractivity contribution >= 4 is 18.0 Å². The van der Waals surface area contributed by atoms with E-state index in [1.165, 1.54) is 11.1 Å². The van der Waals surface area contributed by atoms with Crippen LogP contribution in [0.15, 0.2) is 48.5 Å². The van der Waals surface area contributed by atoms with E-state index in [4.69, 9.17) is 4.74 Å². The number of amides is 2. The Morgan fingerprint density at radius 2 is 1.50 bits per heavy atom. The molecular formula is C27H34N2O5. The number of nitrogens with one attached hydrogen (secondary N) is 2. The monoisotopic (exact) mass is 466 g/mol. The second-order valence-corrected chi connectivity index (χ2v) is 9.35. The van der Waals surface area contributed by atoms with E-state index >= 15 is 0 Å². The van der Waals surface area contributed by atoms with Gasteiger partial charge in [-0.3, -0.25) is 9.59 Å². The molecule has 0 radical (unpaired) electrons. The van der Waals surface area contributed by atoms with Gasteiger partial charge in [0.25, 0.3) is 0 Å². The van der Waals surface area contributed by atoms with Crippen molar-refractivity contribution < 1.29 is 24.2 Å². The Labute approximate surface area is 200 Å². The van der Waals surface area contributed by atoms with Crippen molar-refractivity contribution in [3.8, 4) is 11.1 Å². The molecule has 3 N–H and O–H groups in total. The van der Waals surface area contributed by atoms with Gasteiger partial charge < -0.3 is 20.5 Å². The van der Waals surface area contributed by atoms with Gasteiger partial charge >= 0.3 is 12.1 Å². The first kappa shape index (κ1) is 25.3. The second-order valence-electron chi connectivity index (χ2n) is 9.35. The molecule has 182 valence electrons. The van der Waals surface area contributed by atoms with Gasteiger partial charge in [0.05, 0.1) is 5.92 Å². The van der Waals surface area contributed by atoms with E-state index in [9.17, 15) is 19.5 Å². The summed E-state index contributed by atoms with van der Waals surface area (Å²) < 4.78 is 5.51. The standard InChI is InChI=1S/C27H34N2O5/c1-16(2)24(26(31)32)18(4)29-25(30)17(3)13-14-28-27(33)34-15-23-21-11-7-5-9-19(21)20-10-6-8-12-22(20)23/h5-12,16-18,23-24H,13-15H2,1-4H3,(H,28,33)(H,29,30)(H,31,32). The first-order valence-corrected chi connectivity index (χ1v) is 11.8. The smallest absolute Gasteiger partial charge is 0.407 e. The van der Waals surface area contributed by atoms with Gasteiger partial charge in [0, 0.05) is 24.4 Å². The minimum Gasteiger partial charge on any atom is -0.481 e. The molecule has 3 rings (SSSR count). The number of carboxylic acids is 1. The Balaban J connectivity index is 1.45. The molecule has 0 heterocycles. The van der Waals surface area contributed by atoms with E-state index in [2.05, 4.69) is 34.9 Å². The number of rotatable bonds is 10. The van der Waals surface area contributed by atoms with Crippen LogP contribution in [-0.2, 0) is 14.3 Å². The highest BCUT2D eigenvalue weighted by molar-refractivity contribution is 5.80. The Morgan fingerprint density at radius 3 is 2.03 bits per heavy atom. The van der Waals surface area contributed by atoms with E-state index < -0.39 is 24.0 Å². The Kier molecular flexibility index (Phi) is 8.31. The van der Waals surface area contributed by atoms with Gasteiger partial charge in [0.2, 0.25) is 5.91 Å². The van der Waals surface area contributed by atoms with Crippen molar-refractivity contribution in [1.82, 2.24) is 10.6 Å². The van der Waals surface area contributed by atoms with Gasteiger partial charge in [-0.15, -0.1) is 0 Å². The topological polar surface area (TPSA) is 105 Å². The van der Waals surface area contributed by atoms with Crippen LogP contribution in [0, 0.1) is 17.8 Å². The normalized spacial score (nSPS) is 15.1. The minimum atomic E-state index is -0.924. The molecule has 0 bridgehead atoms. The summed E-state index contributed by atoms with van der Waals surface area (Å²) in [7, 11) is 0. The van der Waals surface area contributed by atoms with Crippen LogP contribution < -0.4 is 10.6 Å². The van der Waals surface area contributed by atoms with Gasteiger partial charge in [0.1, 0.15) is 6.61 Å². The first-order valence-electron chi connectivity index (χ1n) is 11.8. The number of benzene rings is 2. The minimum absolute atomic E-state index is 0.00697. The number of hydrogen-bond donors (Lipinski definition) is 3. The summed E-state index contributed by atoms with van der Waals surface area (Å²) in [5, 5.41) is 14.9. The first-order chi connectivity index (χ1) is 16.2. The second kappa shape index (κ2) is 11.2. The predicted octanol–water partition coefficient (Wildman–Crippen LogP) is 4.41. The maximum absolute atomic E-state index is 12.5. The number of hydrogen-bond acceptors (Lipinski definition) is 4. The summed E-state index contributed by atoms with van der Waals surface area (Å²) in [4.78, 5) is 36.2. The fraction of sp³-hybridized carbons (Fsp3) is 0.444. The largest absolute Gasteiger partial charge is 0.481 e. The number of fused-ring (bicyclic) bond motifs is 3. The zero-order chi connectivity index (χ0) is 24.8. The summed E-state index contributed by atoms with van der Waals surface area (Å²) in [5.74, 6) is -2.29. The van der Waals surface area contributed by atoms with Gasteiger partial charge in [0.15, 0.2) is 0 Å². The van der Waals surface area contributed by atoms with Crippen LogP contribution in [0.1, 0.15) is 51.2 Å². The Hall–Kier alpha value is -3.35. The maximum atomic E-state index is 12.5. The van der Waals surface area contributed by atoms with E-state index in [0.29, 0.717) is 6.42 Å². The molecule has 0 aromatic heterocycles. The molecule has 0 fully saturated rings. The summed E-state index contributed by atoms with van der Waals surface area (Å²) in [6.07, 6.45) is -0.101. The van der Waals surface area contributed by atoms with Crippen molar-refractivity contribution in [1.29, 1.82) is 0 Å². The van der Waals surface area contributed by atoms with Crippen molar-refractivity contribution in [3.05, 3.63) is 59.7 Å². The summed E-state index contributed by atoms with van der Waals surface area (Å²) in [6, 6.07) is 15.8. The SMILES string of the molecule is CC(CCNC(=O)OCC1c2ccccc2-c2ccccc21)C(=O)NC(C)C(C(=O)O)C(C)C. The fourth-order valence-electron chi connectivity index (χ4n) is 4.70. The van der Waals surface area contributed by atoms with E-state index in [1.54, 1.807) is 13.8 Å². The molecule has 2 amide bonds. The molecule has 0 saturated carbocycles. The van der Waals surface area contributed by atoms with Crippen LogP contribution in [0.5, 0.6) is 0 Å². The molecule has 7 nitrogen and oxygen atoms in total. The molecule has 2 aromatic rings. The molecule has 2 aromatic carbocycles. The number of ether oxygens (including phenoxy) is 1. The Morgan fingerprint density at radius 1 is 0.941 bits per heavy atom. The number of alkyl carbamates (subject to hydrolysis) is 1.